The minimum Gasteiger partial charge on any atom is -0.394 e. The zero-order valence-corrected chi connectivity index (χ0v) is 8.77. The van der Waals surface area contributed by atoms with Gasteiger partial charge >= 0.3 is 0 Å². The van der Waals surface area contributed by atoms with Crippen LogP contribution in [0.15, 0.2) is 18.3 Å². The summed E-state index contributed by atoms with van der Waals surface area (Å²) in [6.07, 6.45) is 1.17. The highest BCUT2D eigenvalue weighted by molar-refractivity contribution is 5.94. The molecule has 3 N–H and O–H groups in total. The van der Waals surface area contributed by atoms with Gasteiger partial charge in [-0.2, -0.15) is 4.39 Å². The van der Waals surface area contributed by atoms with Gasteiger partial charge in [0.15, 0.2) is 0 Å². The summed E-state index contributed by atoms with van der Waals surface area (Å²) in [5, 5.41) is 20.4. The van der Waals surface area contributed by atoms with E-state index in [1.165, 1.54) is 19.2 Å². The minimum atomic E-state index is -1.13. The Bertz CT molecular complexity index is 380. The molecule has 1 aromatic heterocycles. The molecule has 0 saturated carbocycles. The van der Waals surface area contributed by atoms with E-state index >= 15 is 0 Å². The van der Waals surface area contributed by atoms with Crippen molar-refractivity contribution in [3.05, 3.63) is 29.8 Å². The summed E-state index contributed by atoms with van der Waals surface area (Å²) < 4.78 is 12.7. The lowest BCUT2D eigenvalue weighted by molar-refractivity contribution is 0.0723. The number of aliphatic hydroxyl groups excluding tert-OH is 2. The van der Waals surface area contributed by atoms with E-state index < -0.39 is 30.6 Å². The molecule has 0 aliphatic carbocycles. The predicted octanol–water partition coefficient (Wildman–Crippen LogP) is -0.306. The smallest absolute Gasteiger partial charge is 0.252 e. The van der Waals surface area contributed by atoms with Crippen molar-refractivity contribution in [2.24, 2.45) is 0 Å². The van der Waals surface area contributed by atoms with E-state index in [0.717, 1.165) is 6.07 Å². The number of aromatic nitrogens is 1. The molecule has 0 spiro atoms. The van der Waals surface area contributed by atoms with E-state index in [4.69, 9.17) is 10.2 Å². The van der Waals surface area contributed by atoms with Crippen LogP contribution >= 0.6 is 0 Å². The Morgan fingerprint density at radius 2 is 2.19 bits per heavy atom. The van der Waals surface area contributed by atoms with Crippen molar-refractivity contribution in [2.75, 3.05) is 13.2 Å². The van der Waals surface area contributed by atoms with Gasteiger partial charge in [0, 0.05) is 17.8 Å². The van der Waals surface area contributed by atoms with E-state index in [9.17, 15) is 9.18 Å². The third-order valence-electron chi connectivity index (χ3n) is 2.10. The molecule has 5 nitrogen and oxygen atoms in total. The van der Waals surface area contributed by atoms with Crippen LogP contribution in [0, 0.1) is 5.95 Å². The maximum Gasteiger partial charge on any atom is 0.252 e. The number of aliphatic hydroxyl groups is 2. The molecule has 1 heterocycles. The number of nitrogens with one attached hydrogen (secondary N) is 1. The normalized spacial score (nSPS) is 11.2. The summed E-state index contributed by atoms with van der Waals surface area (Å²) in [4.78, 5) is 14.9. The molecule has 0 radical (unpaired) electrons. The fourth-order valence-corrected chi connectivity index (χ4v) is 1.02. The molecule has 0 bridgehead atoms. The molecule has 0 atom stereocenters. The highest BCUT2D eigenvalue weighted by atomic mass is 19.1. The number of amides is 1. The molecule has 1 rings (SSSR count). The summed E-state index contributed by atoms with van der Waals surface area (Å²) in [5.74, 6) is -1.34. The van der Waals surface area contributed by atoms with Crippen molar-refractivity contribution >= 4 is 5.91 Å². The number of carbonyl (C=O) groups is 1. The maximum atomic E-state index is 12.7. The summed E-state index contributed by atoms with van der Waals surface area (Å²) in [5.41, 5.74) is -1.04. The lowest BCUT2D eigenvalue weighted by atomic mass is 10.0. The first-order valence-electron chi connectivity index (χ1n) is 4.66. The number of nitrogens with zero attached hydrogens (tertiary/aromatic N) is 1. The van der Waals surface area contributed by atoms with Crippen LogP contribution in [-0.4, -0.2) is 39.9 Å². The standard InChI is InChI=1S/C10H13FN2O3/c1-10(5-14,6-15)13-9(16)7-2-3-12-8(11)4-7/h2-4,14-15H,5-6H2,1H3,(H,13,16). The Morgan fingerprint density at radius 3 is 2.69 bits per heavy atom. The molecule has 1 aromatic rings. The molecular weight excluding hydrogens is 215 g/mol. The highest BCUT2D eigenvalue weighted by Gasteiger charge is 2.25. The number of halogens is 1. The van der Waals surface area contributed by atoms with Crippen LogP contribution in [0.4, 0.5) is 4.39 Å². The van der Waals surface area contributed by atoms with Crippen molar-refractivity contribution < 1.29 is 19.4 Å². The Hall–Kier alpha value is -1.53. The predicted molar refractivity (Wildman–Crippen MR) is 54.2 cm³/mol. The van der Waals surface area contributed by atoms with E-state index in [1.807, 2.05) is 0 Å². The summed E-state index contributed by atoms with van der Waals surface area (Å²) in [7, 11) is 0. The average Bonchev–Trinajstić information content (AvgIpc) is 2.29. The molecule has 0 saturated heterocycles. The number of pyridine rings is 1. The zero-order valence-electron chi connectivity index (χ0n) is 8.77. The molecule has 1 amide bonds. The molecule has 16 heavy (non-hydrogen) atoms. The van der Waals surface area contributed by atoms with Crippen molar-refractivity contribution in [3.63, 3.8) is 0 Å². The van der Waals surface area contributed by atoms with Gasteiger partial charge in [-0.3, -0.25) is 4.79 Å². The van der Waals surface area contributed by atoms with Gasteiger partial charge in [-0.1, -0.05) is 0 Å². The fourth-order valence-electron chi connectivity index (χ4n) is 1.02. The van der Waals surface area contributed by atoms with E-state index in [-0.39, 0.29) is 5.56 Å². The van der Waals surface area contributed by atoms with Gasteiger partial charge in [0.2, 0.25) is 5.95 Å². The van der Waals surface area contributed by atoms with Crippen LogP contribution in [0.5, 0.6) is 0 Å². The number of carbonyl (C=O) groups excluding carboxylic acids is 1. The van der Waals surface area contributed by atoms with Gasteiger partial charge in [0.25, 0.3) is 5.91 Å². The first-order chi connectivity index (χ1) is 7.50. The maximum absolute atomic E-state index is 12.7. The quantitative estimate of drug-likeness (QED) is 0.617. The lowest BCUT2D eigenvalue weighted by Gasteiger charge is -2.26. The van der Waals surface area contributed by atoms with Crippen molar-refractivity contribution in [2.45, 2.75) is 12.5 Å². The second-order valence-electron chi connectivity index (χ2n) is 3.70. The fraction of sp³-hybridized carbons (Fsp3) is 0.400. The topological polar surface area (TPSA) is 82.5 Å². The molecule has 0 fully saturated rings. The Balaban J connectivity index is 2.80. The van der Waals surface area contributed by atoms with Gasteiger partial charge < -0.3 is 15.5 Å². The first kappa shape index (κ1) is 12.5. The SMILES string of the molecule is CC(CO)(CO)NC(=O)c1ccnc(F)c1. The van der Waals surface area contributed by atoms with Crippen LogP contribution in [0.3, 0.4) is 0 Å². The van der Waals surface area contributed by atoms with Crippen molar-refractivity contribution in [3.8, 4) is 0 Å². The van der Waals surface area contributed by atoms with Gasteiger partial charge in [-0.05, 0) is 13.0 Å². The van der Waals surface area contributed by atoms with Crippen LogP contribution in [0.2, 0.25) is 0 Å². The van der Waals surface area contributed by atoms with E-state index in [0.29, 0.717) is 0 Å². The highest BCUT2D eigenvalue weighted by Crippen LogP contribution is 2.05. The lowest BCUT2D eigenvalue weighted by Crippen LogP contribution is -2.51. The van der Waals surface area contributed by atoms with Gasteiger partial charge in [0.1, 0.15) is 0 Å². The van der Waals surface area contributed by atoms with E-state index in [1.54, 1.807) is 0 Å². The van der Waals surface area contributed by atoms with Gasteiger partial charge in [-0.15, -0.1) is 0 Å². The first-order valence-corrected chi connectivity index (χ1v) is 4.66. The molecular formula is C10H13FN2O3. The Morgan fingerprint density at radius 1 is 1.56 bits per heavy atom. The van der Waals surface area contributed by atoms with Crippen molar-refractivity contribution in [1.82, 2.24) is 10.3 Å². The van der Waals surface area contributed by atoms with Gasteiger partial charge in [0.05, 0.1) is 18.8 Å². The van der Waals surface area contributed by atoms with Crippen LogP contribution in [0.25, 0.3) is 0 Å². The Kier molecular flexibility index (Phi) is 3.92. The number of rotatable bonds is 4. The monoisotopic (exact) mass is 228 g/mol. The zero-order chi connectivity index (χ0) is 12.2. The molecule has 6 heteroatoms. The molecule has 88 valence electrons. The summed E-state index contributed by atoms with van der Waals surface area (Å²) in [6.45, 7) is 0.647. The van der Waals surface area contributed by atoms with Crippen LogP contribution in [-0.2, 0) is 0 Å². The number of hydrogen-bond acceptors (Lipinski definition) is 4. The third-order valence-corrected chi connectivity index (χ3v) is 2.10. The molecule has 0 aromatic carbocycles. The molecule has 0 aliphatic heterocycles. The second-order valence-corrected chi connectivity index (χ2v) is 3.70. The summed E-state index contributed by atoms with van der Waals surface area (Å²) in [6, 6.07) is 2.32. The second kappa shape index (κ2) is 5.00. The molecule has 0 aliphatic rings. The summed E-state index contributed by atoms with van der Waals surface area (Å²) >= 11 is 0. The van der Waals surface area contributed by atoms with Crippen molar-refractivity contribution in [1.29, 1.82) is 0 Å². The largest absolute Gasteiger partial charge is 0.394 e. The average molecular weight is 228 g/mol. The van der Waals surface area contributed by atoms with Gasteiger partial charge in [-0.25, -0.2) is 4.98 Å². The minimum absolute atomic E-state index is 0.0839. The Labute approximate surface area is 91.9 Å². The number of hydrogen-bond donors (Lipinski definition) is 3. The van der Waals surface area contributed by atoms with Crippen LogP contribution < -0.4 is 5.32 Å². The molecule has 0 unspecified atom stereocenters. The van der Waals surface area contributed by atoms with Crippen LogP contribution in [0.1, 0.15) is 17.3 Å². The third kappa shape index (κ3) is 2.98. The van der Waals surface area contributed by atoms with E-state index in [2.05, 4.69) is 10.3 Å².